The van der Waals surface area contributed by atoms with Gasteiger partial charge in [0.1, 0.15) is 11.6 Å². The minimum atomic E-state index is -0.767. The molecule has 0 saturated heterocycles. The lowest BCUT2D eigenvalue weighted by Gasteiger charge is -2.24. The van der Waals surface area contributed by atoms with Crippen LogP contribution in [-0.2, 0) is 6.54 Å². The highest BCUT2D eigenvalue weighted by molar-refractivity contribution is 6.06. The van der Waals surface area contributed by atoms with Gasteiger partial charge in [0.15, 0.2) is 0 Å². The van der Waals surface area contributed by atoms with Crippen LogP contribution in [0.5, 0.6) is 0 Å². The van der Waals surface area contributed by atoms with Crippen LogP contribution in [0.15, 0.2) is 72.8 Å². The van der Waals surface area contributed by atoms with Crippen molar-refractivity contribution >= 4 is 11.6 Å². The highest BCUT2D eigenvalue weighted by Gasteiger charge is 2.21. The van der Waals surface area contributed by atoms with E-state index < -0.39 is 11.6 Å². The molecule has 0 radical (unpaired) electrons. The Bertz CT molecular complexity index is 876. The first-order valence-corrected chi connectivity index (χ1v) is 7.92. The molecule has 3 aromatic rings. The highest BCUT2D eigenvalue weighted by Crippen LogP contribution is 2.24. The van der Waals surface area contributed by atoms with Gasteiger partial charge in [-0.2, -0.15) is 0 Å². The smallest absolute Gasteiger partial charge is 0.258 e. The summed E-state index contributed by atoms with van der Waals surface area (Å²) in [6.07, 6.45) is 0. The molecular weight excluding hydrogens is 320 g/mol. The highest BCUT2D eigenvalue weighted by atomic mass is 19.1. The van der Waals surface area contributed by atoms with E-state index in [1.165, 1.54) is 11.0 Å². The van der Waals surface area contributed by atoms with Gasteiger partial charge in [0.25, 0.3) is 5.91 Å². The summed E-state index contributed by atoms with van der Waals surface area (Å²) < 4.78 is 27.6. The van der Waals surface area contributed by atoms with Crippen LogP contribution in [0.3, 0.4) is 0 Å². The van der Waals surface area contributed by atoms with E-state index in [9.17, 15) is 13.6 Å². The number of amides is 1. The fourth-order valence-corrected chi connectivity index (χ4v) is 2.58. The first-order chi connectivity index (χ1) is 12.0. The summed E-state index contributed by atoms with van der Waals surface area (Å²) in [6.45, 7) is 2.16. The van der Waals surface area contributed by atoms with Gasteiger partial charge in [-0.25, -0.2) is 8.78 Å². The third-order valence-corrected chi connectivity index (χ3v) is 3.93. The van der Waals surface area contributed by atoms with Crippen molar-refractivity contribution in [3.05, 3.63) is 101 Å². The standard InChI is InChI=1S/C21H17F2NO/c1-15-7-9-16(10-8-15)14-24(20-12-11-18(22)13-19(20)23)21(25)17-5-3-2-4-6-17/h2-13H,14H2,1H3. The van der Waals surface area contributed by atoms with Crippen molar-refractivity contribution in [2.45, 2.75) is 13.5 Å². The van der Waals surface area contributed by atoms with Crippen LogP contribution in [0.4, 0.5) is 14.5 Å². The number of hydrogen-bond acceptors (Lipinski definition) is 1. The SMILES string of the molecule is Cc1ccc(CN(C(=O)c2ccccc2)c2ccc(F)cc2F)cc1. The average Bonchev–Trinajstić information content (AvgIpc) is 2.62. The Kier molecular flexibility index (Phi) is 4.89. The van der Waals surface area contributed by atoms with Gasteiger partial charge in [-0.15, -0.1) is 0 Å². The summed E-state index contributed by atoms with van der Waals surface area (Å²) in [5, 5.41) is 0. The van der Waals surface area contributed by atoms with Crippen LogP contribution >= 0.6 is 0 Å². The van der Waals surface area contributed by atoms with E-state index in [1.807, 2.05) is 31.2 Å². The molecule has 2 nitrogen and oxygen atoms in total. The molecule has 3 rings (SSSR count). The van der Waals surface area contributed by atoms with Crippen LogP contribution in [0.2, 0.25) is 0 Å². The monoisotopic (exact) mass is 337 g/mol. The summed E-state index contributed by atoms with van der Waals surface area (Å²) in [5.41, 5.74) is 2.45. The summed E-state index contributed by atoms with van der Waals surface area (Å²) in [5.74, 6) is -1.79. The van der Waals surface area contributed by atoms with Gasteiger partial charge >= 0.3 is 0 Å². The number of nitrogens with zero attached hydrogens (tertiary/aromatic N) is 1. The molecular formula is C21H17F2NO. The molecule has 0 aliphatic carbocycles. The minimum absolute atomic E-state index is 0.0517. The van der Waals surface area contributed by atoms with Crippen molar-refractivity contribution in [3.63, 3.8) is 0 Å². The van der Waals surface area contributed by atoms with Gasteiger partial charge in [0.2, 0.25) is 0 Å². The Morgan fingerprint density at radius 2 is 1.60 bits per heavy atom. The number of benzene rings is 3. The molecule has 0 unspecified atom stereocenters. The molecule has 0 aliphatic heterocycles. The van der Waals surface area contributed by atoms with E-state index in [4.69, 9.17) is 0 Å². The molecule has 3 aromatic carbocycles. The minimum Gasteiger partial charge on any atom is -0.301 e. The topological polar surface area (TPSA) is 20.3 Å². The van der Waals surface area contributed by atoms with E-state index in [-0.39, 0.29) is 18.1 Å². The van der Waals surface area contributed by atoms with Crippen molar-refractivity contribution in [2.75, 3.05) is 4.90 Å². The van der Waals surface area contributed by atoms with Crippen molar-refractivity contribution in [1.82, 2.24) is 0 Å². The molecule has 0 fully saturated rings. The summed E-state index contributed by atoms with van der Waals surface area (Å²) in [7, 11) is 0. The predicted molar refractivity (Wildman–Crippen MR) is 94.5 cm³/mol. The lowest BCUT2D eigenvalue weighted by Crippen LogP contribution is -2.31. The third kappa shape index (κ3) is 3.91. The normalized spacial score (nSPS) is 10.5. The fourth-order valence-electron chi connectivity index (χ4n) is 2.58. The predicted octanol–water partition coefficient (Wildman–Crippen LogP) is 5.12. The van der Waals surface area contributed by atoms with E-state index in [2.05, 4.69) is 0 Å². The van der Waals surface area contributed by atoms with Crippen molar-refractivity contribution in [1.29, 1.82) is 0 Å². The Morgan fingerprint density at radius 1 is 0.920 bits per heavy atom. The molecule has 1 amide bonds. The van der Waals surface area contributed by atoms with Gasteiger partial charge in [0.05, 0.1) is 12.2 Å². The van der Waals surface area contributed by atoms with Gasteiger partial charge in [-0.05, 0) is 36.8 Å². The summed E-state index contributed by atoms with van der Waals surface area (Å²) >= 11 is 0. The number of anilines is 1. The first kappa shape index (κ1) is 16.8. The maximum Gasteiger partial charge on any atom is 0.258 e. The maximum atomic E-state index is 14.3. The van der Waals surface area contributed by atoms with E-state index in [0.29, 0.717) is 5.56 Å². The molecule has 4 heteroatoms. The molecule has 0 aromatic heterocycles. The number of aryl methyl sites for hydroxylation is 1. The van der Waals surface area contributed by atoms with Crippen LogP contribution in [0, 0.1) is 18.6 Å². The molecule has 25 heavy (non-hydrogen) atoms. The quantitative estimate of drug-likeness (QED) is 0.647. The zero-order valence-electron chi connectivity index (χ0n) is 13.7. The first-order valence-electron chi connectivity index (χ1n) is 7.92. The maximum absolute atomic E-state index is 14.3. The number of rotatable bonds is 4. The van der Waals surface area contributed by atoms with Gasteiger partial charge < -0.3 is 4.90 Å². The molecule has 0 N–H and O–H groups in total. The van der Waals surface area contributed by atoms with Crippen LogP contribution < -0.4 is 4.90 Å². The molecule has 0 heterocycles. The Balaban J connectivity index is 2.01. The second-order valence-corrected chi connectivity index (χ2v) is 5.84. The van der Waals surface area contributed by atoms with E-state index in [0.717, 1.165) is 23.3 Å². The van der Waals surface area contributed by atoms with Gasteiger partial charge in [0, 0.05) is 11.6 Å². The second-order valence-electron chi connectivity index (χ2n) is 5.84. The van der Waals surface area contributed by atoms with E-state index in [1.54, 1.807) is 30.3 Å². The Labute approximate surface area is 145 Å². The fraction of sp³-hybridized carbons (Fsp3) is 0.0952. The second kappa shape index (κ2) is 7.26. The van der Waals surface area contributed by atoms with Crippen LogP contribution in [0.25, 0.3) is 0 Å². The Morgan fingerprint density at radius 3 is 2.24 bits per heavy atom. The molecule has 0 spiro atoms. The van der Waals surface area contributed by atoms with Crippen molar-refractivity contribution < 1.29 is 13.6 Å². The molecule has 0 aliphatic rings. The van der Waals surface area contributed by atoms with Crippen molar-refractivity contribution in [3.8, 4) is 0 Å². The number of carbonyl (C=O) groups excluding carboxylic acids is 1. The molecule has 0 saturated carbocycles. The largest absolute Gasteiger partial charge is 0.301 e. The molecule has 126 valence electrons. The van der Waals surface area contributed by atoms with Crippen LogP contribution in [0.1, 0.15) is 21.5 Å². The number of carbonyl (C=O) groups is 1. The van der Waals surface area contributed by atoms with E-state index >= 15 is 0 Å². The van der Waals surface area contributed by atoms with Gasteiger partial charge in [-0.1, -0.05) is 48.0 Å². The van der Waals surface area contributed by atoms with Crippen molar-refractivity contribution in [2.24, 2.45) is 0 Å². The van der Waals surface area contributed by atoms with Gasteiger partial charge in [-0.3, -0.25) is 4.79 Å². The summed E-state index contributed by atoms with van der Waals surface area (Å²) in [4.78, 5) is 14.2. The molecule has 0 atom stereocenters. The van der Waals surface area contributed by atoms with Crippen LogP contribution in [-0.4, -0.2) is 5.91 Å². The third-order valence-electron chi connectivity index (χ3n) is 3.93. The molecule has 0 bridgehead atoms. The number of halogens is 2. The zero-order chi connectivity index (χ0) is 17.8. The lowest BCUT2D eigenvalue weighted by molar-refractivity contribution is 0.0984. The Hall–Kier alpha value is -3.01. The lowest BCUT2D eigenvalue weighted by atomic mass is 10.1. The zero-order valence-corrected chi connectivity index (χ0v) is 13.7. The number of hydrogen-bond donors (Lipinski definition) is 0. The summed E-state index contributed by atoms with van der Waals surface area (Å²) in [6, 6.07) is 19.5. The average molecular weight is 337 g/mol.